The first-order valence-corrected chi connectivity index (χ1v) is 8.35. The molecule has 4 rings (SSSR count). The van der Waals surface area contributed by atoms with Gasteiger partial charge in [0.05, 0.1) is 19.2 Å². The van der Waals surface area contributed by atoms with E-state index < -0.39 is 0 Å². The van der Waals surface area contributed by atoms with Crippen LogP contribution in [0.3, 0.4) is 0 Å². The Kier molecular flexibility index (Phi) is 4.23. The third-order valence-corrected chi connectivity index (χ3v) is 4.31. The molecule has 6 heteroatoms. The molecule has 0 fully saturated rings. The largest absolute Gasteiger partial charge is 0.496 e. The number of pyridine rings is 1. The minimum absolute atomic E-state index is 0.292. The number of nitrogens with one attached hydrogen (secondary N) is 1. The van der Waals surface area contributed by atoms with E-state index in [9.17, 15) is 0 Å². The van der Waals surface area contributed by atoms with Crippen LogP contribution in [-0.2, 0) is 11.3 Å². The number of rotatable bonds is 5. The molecule has 1 unspecified atom stereocenters. The van der Waals surface area contributed by atoms with Crippen molar-refractivity contribution in [2.45, 2.75) is 12.9 Å². The summed E-state index contributed by atoms with van der Waals surface area (Å²) in [5, 5.41) is 4.42. The molecule has 3 N–H and O–H groups in total. The van der Waals surface area contributed by atoms with Crippen LogP contribution >= 0.6 is 0 Å². The average Bonchev–Trinajstić information content (AvgIpc) is 3.09. The Balaban J connectivity index is 1.51. The van der Waals surface area contributed by atoms with Crippen molar-refractivity contribution in [3.05, 3.63) is 72.6 Å². The van der Waals surface area contributed by atoms with Gasteiger partial charge in [-0.2, -0.15) is 0 Å². The number of benzene rings is 2. The summed E-state index contributed by atoms with van der Waals surface area (Å²) in [5.41, 5.74) is 8.64. The fourth-order valence-electron chi connectivity index (χ4n) is 3.00. The second-order valence-corrected chi connectivity index (χ2v) is 6.05. The first kappa shape index (κ1) is 16.1. The summed E-state index contributed by atoms with van der Waals surface area (Å²) in [6, 6.07) is 17.7. The zero-order valence-electron chi connectivity index (χ0n) is 14.4. The summed E-state index contributed by atoms with van der Waals surface area (Å²) in [7, 11) is 1.68. The van der Waals surface area contributed by atoms with Gasteiger partial charge in [-0.15, -0.1) is 0 Å². The molecule has 2 heterocycles. The molecule has 1 aliphatic rings. The minimum atomic E-state index is -0.292. The smallest absolute Gasteiger partial charge is 0.250 e. The number of hydrogen-bond donors (Lipinski definition) is 2. The monoisotopic (exact) mass is 348 g/mol. The summed E-state index contributed by atoms with van der Waals surface area (Å²) in [5.74, 6) is 1.38. The lowest BCUT2D eigenvalue weighted by Crippen LogP contribution is -2.34. The number of para-hydroxylation sites is 1. The number of nitrogens with two attached hydrogens (primary N) is 1. The Hall–Kier alpha value is -3.41. The van der Waals surface area contributed by atoms with Gasteiger partial charge in [-0.1, -0.05) is 18.2 Å². The van der Waals surface area contributed by atoms with Crippen LogP contribution in [0.2, 0.25) is 0 Å². The normalized spacial score (nSPS) is 15.9. The van der Waals surface area contributed by atoms with Crippen molar-refractivity contribution in [1.82, 2.24) is 9.88 Å². The van der Waals surface area contributed by atoms with Crippen molar-refractivity contribution in [2.75, 3.05) is 18.2 Å². The summed E-state index contributed by atoms with van der Waals surface area (Å²) in [6.45, 7) is 0.670. The first-order valence-electron chi connectivity index (χ1n) is 8.35. The maximum absolute atomic E-state index is 5.74. The van der Waals surface area contributed by atoms with Gasteiger partial charge in [0, 0.05) is 22.8 Å². The van der Waals surface area contributed by atoms with Crippen molar-refractivity contribution >= 4 is 22.4 Å². The highest BCUT2D eigenvalue weighted by molar-refractivity contribution is 5.83. The molecule has 2 aromatic carbocycles. The van der Waals surface area contributed by atoms with Crippen molar-refractivity contribution < 1.29 is 9.47 Å². The van der Waals surface area contributed by atoms with Gasteiger partial charge in [0.25, 0.3) is 0 Å². The zero-order chi connectivity index (χ0) is 17.9. The van der Waals surface area contributed by atoms with Gasteiger partial charge in [-0.25, -0.2) is 4.98 Å². The van der Waals surface area contributed by atoms with Gasteiger partial charge in [-0.05, 0) is 36.4 Å². The molecule has 1 aromatic heterocycles. The number of nitrogens with zero attached hydrogens (tertiary/aromatic N) is 2. The molecule has 0 spiro atoms. The fourth-order valence-corrected chi connectivity index (χ4v) is 3.00. The van der Waals surface area contributed by atoms with Crippen molar-refractivity contribution in [3.8, 4) is 5.75 Å². The van der Waals surface area contributed by atoms with Gasteiger partial charge in [0.15, 0.2) is 0 Å². The predicted octanol–water partition coefficient (Wildman–Crippen LogP) is 3.52. The van der Waals surface area contributed by atoms with Gasteiger partial charge >= 0.3 is 0 Å². The molecule has 0 aliphatic carbocycles. The van der Waals surface area contributed by atoms with Gasteiger partial charge in [0.2, 0.25) is 6.35 Å². The molecular formula is C20H20N4O2. The van der Waals surface area contributed by atoms with Gasteiger partial charge in [-0.3, -0.25) is 0 Å². The summed E-state index contributed by atoms with van der Waals surface area (Å²) in [6.07, 6.45) is 3.32. The molecule has 3 aromatic rings. The van der Waals surface area contributed by atoms with Crippen LogP contribution in [0.25, 0.3) is 10.9 Å². The lowest BCUT2D eigenvalue weighted by Gasteiger charge is -2.26. The standard InChI is InChI=1S/C20H20N4O2/c1-25-18-5-3-2-4-15(18)13-24-10-11-26-20(24)22-16-7-8-17-14(12-16)6-9-19(21)23-17/h2-12,20,22H,13H2,1H3,(H2,21,23). The Bertz CT molecular complexity index is 957. The van der Waals surface area contributed by atoms with E-state index in [0.29, 0.717) is 12.4 Å². The van der Waals surface area contributed by atoms with Crippen LogP contribution in [0.15, 0.2) is 67.1 Å². The fraction of sp³-hybridized carbons (Fsp3) is 0.150. The topological polar surface area (TPSA) is 72.6 Å². The molecule has 1 aliphatic heterocycles. The summed E-state index contributed by atoms with van der Waals surface area (Å²) in [4.78, 5) is 6.39. The molecule has 0 bridgehead atoms. The molecule has 26 heavy (non-hydrogen) atoms. The Morgan fingerprint density at radius 3 is 2.96 bits per heavy atom. The highest BCUT2D eigenvalue weighted by Crippen LogP contribution is 2.25. The maximum atomic E-state index is 5.74. The number of aromatic nitrogens is 1. The number of fused-ring (bicyclic) bond motifs is 1. The third kappa shape index (κ3) is 3.21. The van der Waals surface area contributed by atoms with Crippen LogP contribution in [0.4, 0.5) is 11.5 Å². The molecule has 0 radical (unpaired) electrons. The predicted molar refractivity (Wildman–Crippen MR) is 102 cm³/mol. The Morgan fingerprint density at radius 2 is 2.08 bits per heavy atom. The highest BCUT2D eigenvalue weighted by atomic mass is 16.5. The van der Waals surface area contributed by atoms with Gasteiger partial charge < -0.3 is 25.4 Å². The average molecular weight is 348 g/mol. The lowest BCUT2D eigenvalue weighted by molar-refractivity contribution is 0.0775. The molecule has 132 valence electrons. The minimum Gasteiger partial charge on any atom is -0.496 e. The van der Waals surface area contributed by atoms with Crippen molar-refractivity contribution in [2.24, 2.45) is 0 Å². The molecule has 6 nitrogen and oxygen atoms in total. The second-order valence-electron chi connectivity index (χ2n) is 6.05. The number of hydrogen-bond acceptors (Lipinski definition) is 6. The number of nitrogen functional groups attached to an aromatic ring is 1. The van der Waals surface area contributed by atoms with E-state index in [2.05, 4.69) is 15.2 Å². The third-order valence-electron chi connectivity index (χ3n) is 4.31. The number of ether oxygens (including phenoxy) is 2. The molecule has 1 atom stereocenters. The quantitative estimate of drug-likeness (QED) is 0.735. The Morgan fingerprint density at radius 1 is 1.19 bits per heavy atom. The SMILES string of the molecule is COc1ccccc1CN1C=COC1Nc1ccc2nc(N)ccc2c1. The maximum Gasteiger partial charge on any atom is 0.250 e. The van der Waals surface area contributed by atoms with E-state index in [1.54, 1.807) is 19.4 Å². The first-order chi connectivity index (χ1) is 12.7. The van der Waals surface area contributed by atoms with E-state index in [1.807, 2.05) is 54.7 Å². The van der Waals surface area contributed by atoms with Crippen LogP contribution in [0.1, 0.15) is 5.56 Å². The van der Waals surface area contributed by atoms with Crippen LogP contribution in [-0.4, -0.2) is 23.3 Å². The molecule has 0 saturated carbocycles. The highest BCUT2D eigenvalue weighted by Gasteiger charge is 2.21. The molecule has 0 amide bonds. The number of anilines is 2. The molecule has 0 saturated heterocycles. The summed E-state index contributed by atoms with van der Waals surface area (Å²) >= 11 is 0. The number of methoxy groups -OCH3 is 1. The second kappa shape index (κ2) is 6.84. The van der Waals surface area contributed by atoms with Crippen LogP contribution in [0.5, 0.6) is 5.75 Å². The van der Waals surface area contributed by atoms with E-state index >= 15 is 0 Å². The van der Waals surface area contributed by atoms with E-state index in [1.165, 1.54) is 0 Å². The molecular weight excluding hydrogens is 328 g/mol. The van der Waals surface area contributed by atoms with E-state index in [-0.39, 0.29) is 6.35 Å². The van der Waals surface area contributed by atoms with Gasteiger partial charge in [0.1, 0.15) is 17.8 Å². The van der Waals surface area contributed by atoms with Crippen molar-refractivity contribution in [3.63, 3.8) is 0 Å². The zero-order valence-corrected chi connectivity index (χ0v) is 14.4. The lowest BCUT2D eigenvalue weighted by atomic mass is 10.2. The summed E-state index contributed by atoms with van der Waals surface area (Å²) < 4.78 is 11.1. The Labute approximate surface area is 151 Å². The van der Waals surface area contributed by atoms with E-state index in [4.69, 9.17) is 15.2 Å². The van der Waals surface area contributed by atoms with E-state index in [0.717, 1.165) is 27.9 Å². The van der Waals surface area contributed by atoms with Crippen LogP contribution < -0.4 is 15.8 Å². The van der Waals surface area contributed by atoms with Crippen LogP contribution in [0, 0.1) is 0 Å². The van der Waals surface area contributed by atoms with Crippen molar-refractivity contribution in [1.29, 1.82) is 0 Å².